The van der Waals surface area contributed by atoms with Crippen molar-refractivity contribution in [2.24, 2.45) is 17.6 Å². The second-order valence-corrected chi connectivity index (χ2v) is 15.6. The number of carbonyl (C=O) groups is 3. The van der Waals surface area contributed by atoms with Gasteiger partial charge in [-0.05, 0) is 82.6 Å². The van der Waals surface area contributed by atoms with Crippen molar-refractivity contribution >= 4 is 25.5 Å². The SMILES string of the molecule is CC/C=C\C/C=C\C/C=C\C/C=C\C/C=C\C/C=C\CCC(=O)OC[C@H](COP(=O)(O)OCCN)OC(=O)CCC/C=C\C[C@H]1C=CC(=O)[C@@H]1/C=C/[C@@H](O)CCCCC. The number of esters is 2. The van der Waals surface area contributed by atoms with Crippen LogP contribution in [0.4, 0.5) is 0 Å². The average molecular weight is 842 g/mol. The van der Waals surface area contributed by atoms with Gasteiger partial charge in [0.1, 0.15) is 6.61 Å². The molecule has 0 fully saturated rings. The van der Waals surface area contributed by atoms with E-state index in [4.69, 9.17) is 24.3 Å². The lowest BCUT2D eigenvalue weighted by Crippen LogP contribution is -2.29. The number of phosphoric acid groups is 1. The van der Waals surface area contributed by atoms with Gasteiger partial charge in [0, 0.05) is 25.3 Å². The van der Waals surface area contributed by atoms with Gasteiger partial charge in [-0.3, -0.25) is 23.4 Å². The van der Waals surface area contributed by atoms with Crippen molar-refractivity contribution in [3.05, 3.63) is 109 Å². The van der Waals surface area contributed by atoms with E-state index in [2.05, 4.69) is 74.6 Å². The highest BCUT2D eigenvalue weighted by Crippen LogP contribution is 2.43. The van der Waals surface area contributed by atoms with Gasteiger partial charge < -0.3 is 25.2 Å². The molecule has 5 atom stereocenters. The molecule has 12 heteroatoms. The smallest absolute Gasteiger partial charge is 0.462 e. The van der Waals surface area contributed by atoms with Crippen molar-refractivity contribution in [2.75, 3.05) is 26.4 Å². The maximum atomic E-state index is 12.7. The number of unbranched alkanes of at least 4 members (excludes halogenated alkanes) is 3. The zero-order valence-corrected chi connectivity index (χ0v) is 36.4. The molecule has 0 saturated carbocycles. The molecule has 0 aromatic carbocycles. The molecule has 1 aliphatic carbocycles. The largest absolute Gasteiger partial charge is 0.472 e. The maximum absolute atomic E-state index is 12.7. The van der Waals surface area contributed by atoms with Gasteiger partial charge in [-0.25, -0.2) is 4.57 Å². The quantitative estimate of drug-likeness (QED) is 0.0240. The molecule has 4 N–H and O–H groups in total. The molecular weight excluding hydrogens is 769 g/mol. The molecule has 1 unspecified atom stereocenters. The van der Waals surface area contributed by atoms with Crippen molar-refractivity contribution in [1.82, 2.24) is 0 Å². The predicted octanol–water partition coefficient (Wildman–Crippen LogP) is 10.00. The number of hydrogen-bond acceptors (Lipinski definition) is 10. The first-order valence-electron chi connectivity index (χ1n) is 21.4. The van der Waals surface area contributed by atoms with Crippen molar-refractivity contribution < 1.29 is 47.5 Å². The van der Waals surface area contributed by atoms with Gasteiger partial charge >= 0.3 is 19.8 Å². The monoisotopic (exact) mass is 841 g/mol. The second-order valence-electron chi connectivity index (χ2n) is 14.1. The van der Waals surface area contributed by atoms with E-state index in [0.717, 1.165) is 57.8 Å². The van der Waals surface area contributed by atoms with Gasteiger partial charge in [0.25, 0.3) is 0 Å². The summed E-state index contributed by atoms with van der Waals surface area (Å²) in [5.41, 5.74) is 5.34. The molecule has 0 heterocycles. The lowest BCUT2D eigenvalue weighted by molar-refractivity contribution is -0.161. The molecule has 0 radical (unpaired) electrons. The van der Waals surface area contributed by atoms with Crippen molar-refractivity contribution in [1.29, 1.82) is 0 Å². The molecule has 0 saturated heterocycles. The van der Waals surface area contributed by atoms with Crippen LogP contribution in [-0.2, 0) is 37.5 Å². The predicted molar refractivity (Wildman–Crippen MR) is 237 cm³/mol. The first-order chi connectivity index (χ1) is 28.6. The van der Waals surface area contributed by atoms with Crippen LogP contribution in [0, 0.1) is 11.8 Å². The molecule has 11 nitrogen and oxygen atoms in total. The van der Waals surface area contributed by atoms with E-state index < -0.39 is 38.6 Å². The molecule has 0 spiro atoms. The summed E-state index contributed by atoms with van der Waals surface area (Å²) < 4.78 is 32.7. The fourth-order valence-electron chi connectivity index (χ4n) is 5.65. The van der Waals surface area contributed by atoms with Crippen LogP contribution in [0.15, 0.2) is 109 Å². The van der Waals surface area contributed by atoms with Gasteiger partial charge in [-0.2, -0.15) is 0 Å². The summed E-state index contributed by atoms with van der Waals surface area (Å²) in [5.74, 6) is -1.35. The Balaban J connectivity index is 2.43. The summed E-state index contributed by atoms with van der Waals surface area (Å²) in [7, 11) is -4.46. The zero-order valence-electron chi connectivity index (χ0n) is 35.5. The van der Waals surface area contributed by atoms with E-state index in [1.54, 1.807) is 12.2 Å². The topological polar surface area (TPSA) is 172 Å². The standard InChI is InChI=1S/C47H72NO10P/c1-3-5-7-8-9-10-11-12-13-14-15-16-17-18-19-20-21-22-27-31-46(51)55-39-43(40-57-59(53,54)56-38-37-48)58-47(52)32-28-24-23-26-29-41-33-36-45(50)44(41)35-34-42(49)30-25-6-4-2/h5,7,9-10,12-13,15-16,18-19,21-23,26,33-36,41-44,49H,3-4,6,8,11,14,17,20,24-25,27-32,37-40,48H2,1-2H3,(H,53,54)/b7-5-,10-9-,13-12-,16-15-,19-18-,22-21-,26-23-,35-34+/t41-,42-,43+,44+/m0/s1. The lowest BCUT2D eigenvalue weighted by Gasteiger charge is -2.19. The van der Waals surface area contributed by atoms with Crippen molar-refractivity contribution in [2.45, 2.75) is 129 Å². The number of nitrogens with two attached hydrogens (primary N) is 1. The summed E-state index contributed by atoms with van der Waals surface area (Å²) in [5, 5.41) is 10.2. The number of rotatable bonds is 35. The highest BCUT2D eigenvalue weighted by Gasteiger charge is 2.27. The molecule has 0 aromatic rings. The van der Waals surface area contributed by atoms with Crippen LogP contribution >= 0.6 is 7.82 Å². The third-order valence-electron chi connectivity index (χ3n) is 8.90. The number of carbonyl (C=O) groups excluding carboxylic acids is 3. The summed E-state index contributed by atoms with van der Waals surface area (Å²) in [4.78, 5) is 47.4. The fraction of sp³-hybridized carbons (Fsp3) is 0.553. The number of allylic oxidation sites excluding steroid dienone is 17. The molecule has 1 aliphatic rings. The second kappa shape index (κ2) is 36.2. The first-order valence-corrected chi connectivity index (χ1v) is 22.9. The van der Waals surface area contributed by atoms with Crippen LogP contribution in [0.2, 0.25) is 0 Å². The number of ketones is 1. The Labute approximate surface area is 354 Å². The van der Waals surface area contributed by atoms with Gasteiger partial charge in [0.2, 0.25) is 0 Å². The molecule has 1 rings (SSSR count). The van der Waals surface area contributed by atoms with Crippen LogP contribution in [0.25, 0.3) is 0 Å². The number of ether oxygens (including phenoxy) is 2. The minimum Gasteiger partial charge on any atom is -0.462 e. The van der Waals surface area contributed by atoms with Gasteiger partial charge in [-0.1, -0.05) is 136 Å². The highest BCUT2D eigenvalue weighted by molar-refractivity contribution is 7.47. The van der Waals surface area contributed by atoms with Crippen LogP contribution in [-0.4, -0.2) is 66.3 Å². The van der Waals surface area contributed by atoms with Crippen molar-refractivity contribution in [3.8, 4) is 0 Å². The Hall–Kier alpha value is -3.70. The maximum Gasteiger partial charge on any atom is 0.472 e. The normalized spacial score (nSPS) is 18.4. The Morgan fingerprint density at radius 1 is 0.780 bits per heavy atom. The molecule has 0 aliphatic heterocycles. The van der Waals surface area contributed by atoms with Crippen molar-refractivity contribution in [3.63, 3.8) is 0 Å². The molecule has 0 bridgehead atoms. The third kappa shape index (κ3) is 30.9. The van der Waals surface area contributed by atoms with Gasteiger partial charge in [-0.15, -0.1) is 0 Å². The molecule has 0 aromatic heterocycles. The summed E-state index contributed by atoms with van der Waals surface area (Å²) >= 11 is 0. The van der Waals surface area contributed by atoms with E-state index in [9.17, 15) is 28.9 Å². The zero-order chi connectivity index (χ0) is 43.2. The van der Waals surface area contributed by atoms with Crippen LogP contribution < -0.4 is 5.73 Å². The Bertz CT molecular complexity index is 1470. The average Bonchev–Trinajstić information content (AvgIpc) is 3.57. The van der Waals surface area contributed by atoms with Gasteiger partial charge in [0.15, 0.2) is 11.9 Å². The fourth-order valence-corrected chi connectivity index (χ4v) is 6.41. The molecular formula is C47H72NO10P. The minimum absolute atomic E-state index is 0.00554. The first kappa shape index (κ1) is 53.3. The van der Waals surface area contributed by atoms with E-state index in [1.165, 1.54) is 0 Å². The molecule has 330 valence electrons. The van der Waals surface area contributed by atoms with Crippen LogP contribution in [0.3, 0.4) is 0 Å². The lowest BCUT2D eigenvalue weighted by atomic mass is 9.90. The number of aliphatic hydroxyl groups excluding tert-OH is 1. The van der Waals surface area contributed by atoms with Crippen LogP contribution in [0.1, 0.15) is 117 Å². The van der Waals surface area contributed by atoms with E-state index >= 15 is 0 Å². The Kier molecular flexibility index (Phi) is 32.7. The summed E-state index contributed by atoms with van der Waals surface area (Å²) in [6.07, 6.45) is 46.2. The minimum atomic E-state index is -4.46. The third-order valence-corrected chi connectivity index (χ3v) is 9.89. The van der Waals surface area contributed by atoms with E-state index in [-0.39, 0.29) is 50.2 Å². The number of hydrogen-bond donors (Lipinski definition) is 3. The van der Waals surface area contributed by atoms with E-state index in [1.807, 2.05) is 36.5 Å². The number of phosphoric ester groups is 1. The van der Waals surface area contributed by atoms with E-state index in [0.29, 0.717) is 32.1 Å². The molecule has 59 heavy (non-hydrogen) atoms. The Morgan fingerprint density at radius 2 is 1.39 bits per heavy atom. The highest BCUT2D eigenvalue weighted by atomic mass is 31.2. The summed E-state index contributed by atoms with van der Waals surface area (Å²) in [6, 6.07) is 0. The molecule has 0 amide bonds. The Morgan fingerprint density at radius 3 is 2.00 bits per heavy atom. The number of aliphatic hydroxyl groups is 1. The summed E-state index contributed by atoms with van der Waals surface area (Å²) in [6.45, 7) is 3.16. The van der Waals surface area contributed by atoms with Gasteiger partial charge in [0.05, 0.1) is 19.3 Å². The van der Waals surface area contributed by atoms with Crippen LogP contribution in [0.5, 0.6) is 0 Å².